The average Bonchev–Trinajstić information content (AvgIpc) is 3.14. The molecule has 2 heterocycles. The number of H-pyrrole nitrogens is 1. The van der Waals surface area contributed by atoms with Gasteiger partial charge in [0.25, 0.3) is 0 Å². The van der Waals surface area contributed by atoms with Crippen molar-refractivity contribution in [3.8, 4) is 5.75 Å². The highest BCUT2D eigenvalue weighted by Crippen LogP contribution is 2.17. The highest BCUT2D eigenvalue weighted by Gasteiger charge is 2.16. The number of rotatable bonds is 7. The third kappa shape index (κ3) is 4.39. The number of nitrogens with zero attached hydrogens (tertiary/aromatic N) is 4. The van der Waals surface area contributed by atoms with Crippen LogP contribution in [0.4, 0.5) is 0 Å². The highest BCUT2D eigenvalue weighted by atomic mass is 16.5. The van der Waals surface area contributed by atoms with E-state index in [1.807, 2.05) is 0 Å². The zero-order chi connectivity index (χ0) is 15.9. The van der Waals surface area contributed by atoms with Crippen molar-refractivity contribution in [3.05, 3.63) is 41.7 Å². The zero-order valence-corrected chi connectivity index (χ0v) is 13.5. The zero-order valence-electron chi connectivity index (χ0n) is 13.5. The van der Waals surface area contributed by atoms with Crippen molar-refractivity contribution in [1.82, 2.24) is 25.5 Å². The van der Waals surface area contributed by atoms with Crippen LogP contribution in [0.2, 0.25) is 0 Å². The Labute approximate surface area is 136 Å². The van der Waals surface area contributed by atoms with E-state index >= 15 is 0 Å². The lowest BCUT2D eigenvalue weighted by Gasteiger charge is -2.25. The van der Waals surface area contributed by atoms with Gasteiger partial charge in [-0.2, -0.15) is 5.21 Å². The van der Waals surface area contributed by atoms with Gasteiger partial charge in [0.15, 0.2) is 0 Å². The fourth-order valence-corrected chi connectivity index (χ4v) is 2.76. The van der Waals surface area contributed by atoms with Crippen molar-refractivity contribution in [2.24, 2.45) is 0 Å². The Hall–Kier alpha value is -2.21. The van der Waals surface area contributed by atoms with Gasteiger partial charge in [0.1, 0.15) is 5.75 Å². The van der Waals surface area contributed by atoms with E-state index in [2.05, 4.69) is 62.8 Å². The van der Waals surface area contributed by atoms with Gasteiger partial charge in [-0.25, -0.2) is 0 Å². The maximum Gasteiger partial charge on any atom is 0.201 e. The first-order valence-electron chi connectivity index (χ1n) is 8.22. The quantitative estimate of drug-likeness (QED) is 0.795. The Morgan fingerprint density at radius 2 is 2.13 bits per heavy atom. The molecule has 0 saturated carbocycles. The van der Waals surface area contributed by atoms with Gasteiger partial charge in [-0.1, -0.05) is 25.1 Å². The summed E-state index contributed by atoms with van der Waals surface area (Å²) in [6.45, 7) is 5.87. The van der Waals surface area contributed by atoms with Gasteiger partial charge in [-0.05, 0) is 42.2 Å². The first-order valence-corrected chi connectivity index (χ1v) is 8.22. The molecule has 0 fully saturated rings. The molecule has 0 unspecified atom stereocenters. The van der Waals surface area contributed by atoms with Crippen molar-refractivity contribution < 1.29 is 4.74 Å². The van der Waals surface area contributed by atoms with Crippen LogP contribution in [0.5, 0.6) is 5.75 Å². The van der Waals surface area contributed by atoms with E-state index in [0.717, 1.165) is 56.8 Å². The third-order valence-electron chi connectivity index (χ3n) is 4.08. The fourth-order valence-electron chi connectivity index (χ4n) is 2.76. The number of nitrogens with one attached hydrogen (secondary N) is 1. The lowest BCUT2D eigenvalue weighted by molar-refractivity contribution is 0.249. The van der Waals surface area contributed by atoms with Gasteiger partial charge in [0.05, 0.1) is 6.61 Å². The van der Waals surface area contributed by atoms with Gasteiger partial charge >= 0.3 is 0 Å². The number of aromatic nitrogens is 4. The minimum absolute atomic E-state index is 0.710. The van der Waals surface area contributed by atoms with Crippen LogP contribution in [0.25, 0.3) is 5.57 Å². The molecule has 0 bridgehead atoms. The average molecular weight is 313 g/mol. The van der Waals surface area contributed by atoms with Crippen LogP contribution in [0.1, 0.15) is 31.2 Å². The lowest BCUT2D eigenvalue weighted by Crippen LogP contribution is -2.31. The number of hydrogen-bond donors (Lipinski definition) is 1. The van der Waals surface area contributed by atoms with E-state index in [4.69, 9.17) is 4.74 Å². The van der Waals surface area contributed by atoms with Crippen LogP contribution < -0.4 is 4.74 Å². The van der Waals surface area contributed by atoms with E-state index in [0.29, 0.717) is 5.82 Å². The van der Waals surface area contributed by atoms with E-state index < -0.39 is 0 Å². The normalized spacial score (nSPS) is 15.4. The molecule has 0 saturated heterocycles. The molecule has 1 aliphatic heterocycles. The maximum absolute atomic E-state index is 5.81. The van der Waals surface area contributed by atoms with Gasteiger partial charge in [0, 0.05) is 25.2 Å². The summed E-state index contributed by atoms with van der Waals surface area (Å²) >= 11 is 0. The van der Waals surface area contributed by atoms with Crippen molar-refractivity contribution in [2.75, 3.05) is 26.2 Å². The largest absolute Gasteiger partial charge is 0.494 e. The first-order chi connectivity index (χ1) is 11.3. The summed E-state index contributed by atoms with van der Waals surface area (Å²) in [4.78, 5) is 2.41. The summed E-state index contributed by atoms with van der Waals surface area (Å²) in [5.41, 5.74) is 2.49. The molecule has 1 N–H and O–H groups in total. The molecule has 0 amide bonds. The summed E-state index contributed by atoms with van der Waals surface area (Å²) in [6, 6.07) is 8.36. The maximum atomic E-state index is 5.81. The van der Waals surface area contributed by atoms with Crippen molar-refractivity contribution >= 4 is 5.57 Å². The molecule has 1 aromatic heterocycles. The number of benzene rings is 1. The van der Waals surface area contributed by atoms with E-state index in [1.54, 1.807) is 0 Å². The lowest BCUT2D eigenvalue weighted by atomic mass is 10.1. The topological polar surface area (TPSA) is 66.9 Å². The molecule has 0 radical (unpaired) electrons. The molecule has 0 aliphatic carbocycles. The van der Waals surface area contributed by atoms with Crippen LogP contribution in [0.15, 0.2) is 30.3 Å². The van der Waals surface area contributed by atoms with E-state index in [9.17, 15) is 0 Å². The predicted molar refractivity (Wildman–Crippen MR) is 89.1 cm³/mol. The molecule has 6 nitrogen and oxygen atoms in total. The smallest absolute Gasteiger partial charge is 0.201 e. The van der Waals surface area contributed by atoms with Crippen molar-refractivity contribution in [2.45, 2.75) is 26.2 Å². The van der Waals surface area contributed by atoms with E-state index in [1.165, 1.54) is 5.56 Å². The molecule has 1 aromatic carbocycles. The SMILES string of the molecule is CCc1ccc(OCCCN2CCC=C(c3nn[nH]n3)C2)cc1. The molecular weight excluding hydrogens is 290 g/mol. The summed E-state index contributed by atoms with van der Waals surface area (Å²) in [7, 11) is 0. The summed E-state index contributed by atoms with van der Waals surface area (Å²) in [6.07, 6.45) is 5.30. The number of aromatic amines is 1. The Kier molecular flexibility index (Phi) is 5.37. The monoisotopic (exact) mass is 313 g/mol. The molecule has 2 aromatic rings. The number of ether oxygens (including phenoxy) is 1. The number of tetrazole rings is 1. The molecule has 0 atom stereocenters. The summed E-state index contributed by atoms with van der Waals surface area (Å²) in [5.74, 6) is 1.66. The van der Waals surface area contributed by atoms with Gasteiger partial charge in [0.2, 0.25) is 5.82 Å². The second-order valence-corrected chi connectivity index (χ2v) is 5.73. The van der Waals surface area contributed by atoms with Crippen LogP contribution in [-0.4, -0.2) is 51.8 Å². The van der Waals surface area contributed by atoms with Gasteiger partial charge in [-0.3, -0.25) is 4.90 Å². The predicted octanol–water partition coefficient (Wildman–Crippen LogP) is 2.32. The standard InChI is InChI=1S/C17H23N5O/c1-2-14-6-8-16(9-7-14)23-12-4-11-22-10-3-5-15(13-22)17-18-20-21-19-17/h5-9H,2-4,10-13H2,1H3,(H,18,19,20,21). The molecule has 0 spiro atoms. The molecular formula is C17H23N5O. The van der Waals surface area contributed by atoms with Crippen LogP contribution >= 0.6 is 0 Å². The van der Waals surface area contributed by atoms with Crippen molar-refractivity contribution in [3.63, 3.8) is 0 Å². The minimum Gasteiger partial charge on any atom is -0.494 e. The molecule has 6 heteroatoms. The van der Waals surface area contributed by atoms with Gasteiger partial charge < -0.3 is 4.74 Å². The molecule has 122 valence electrons. The van der Waals surface area contributed by atoms with E-state index in [-0.39, 0.29) is 0 Å². The number of hydrogen-bond acceptors (Lipinski definition) is 5. The Balaban J connectivity index is 1.40. The van der Waals surface area contributed by atoms with Crippen LogP contribution in [-0.2, 0) is 6.42 Å². The van der Waals surface area contributed by atoms with Crippen LogP contribution in [0, 0.1) is 0 Å². The minimum atomic E-state index is 0.710. The third-order valence-corrected chi connectivity index (χ3v) is 4.08. The summed E-state index contributed by atoms with van der Waals surface area (Å²) < 4.78 is 5.81. The van der Waals surface area contributed by atoms with Gasteiger partial charge in [-0.15, -0.1) is 10.2 Å². The Morgan fingerprint density at radius 3 is 2.87 bits per heavy atom. The first kappa shape index (κ1) is 15.7. The second kappa shape index (κ2) is 7.87. The number of aryl methyl sites for hydroxylation is 1. The van der Waals surface area contributed by atoms with Crippen LogP contribution in [0.3, 0.4) is 0 Å². The molecule has 3 rings (SSSR count). The molecule has 1 aliphatic rings. The Morgan fingerprint density at radius 1 is 1.26 bits per heavy atom. The highest BCUT2D eigenvalue weighted by molar-refractivity contribution is 5.61. The second-order valence-electron chi connectivity index (χ2n) is 5.73. The Bertz CT molecular complexity index is 621. The fraction of sp³-hybridized carbons (Fsp3) is 0.471. The van der Waals surface area contributed by atoms with Crippen molar-refractivity contribution in [1.29, 1.82) is 0 Å². The summed E-state index contributed by atoms with van der Waals surface area (Å²) in [5, 5.41) is 14.3. The molecule has 23 heavy (non-hydrogen) atoms.